The first-order valence-electron chi connectivity index (χ1n) is 9.89. The number of nitrogens with zero attached hydrogens (tertiary/aromatic N) is 1. The first-order chi connectivity index (χ1) is 14.6. The molecule has 2 aromatic carbocycles. The van der Waals surface area contributed by atoms with Gasteiger partial charge in [0.1, 0.15) is 5.82 Å². The van der Waals surface area contributed by atoms with Crippen LogP contribution in [-0.4, -0.2) is 43.0 Å². The summed E-state index contributed by atoms with van der Waals surface area (Å²) in [6.07, 6.45) is 2.58. The number of aromatic amines is 1. The number of guanidine groups is 1. The first kappa shape index (κ1) is 21.6. The molecule has 4 N–H and O–H groups in total. The molecule has 0 spiro atoms. The van der Waals surface area contributed by atoms with Crippen molar-refractivity contribution in [1.82, 2.24) is 20.9 Å². The van der Waals surface area contributed by atoms with Crippen molar-refractivity contribution in [2.75, 3.05) is 26.2 Å². The fourth-order valence-corrected chi connectivity index (χ4v) is 3.31. The van der Waals surface area contributed by atoms with Gasteiger partial charge in [-0.05, 0) is 49.2 Å². The molecule has 0 saturated heterocycles. The topological polar surface area (TPSA) is 81.3 Å². The summed E-state index contributed by atoms with van der Waals surface area (Å²) in [5, 5.41) is 10.5. The van der Waals surface area contributed by atoms with Crippen LogP contribution in [0, 0.1) is 5.82 Å². The summed E-state index contributed by atoms with van der Waals surface area (Å²) in [7, 11) is 0. The van der Waals surface area contributed by atoms with Crippen molar-refractivity contribution in [2.24, 2.45) is 4.99 Å². The van der Waals surface area contributed by atoms with Gasteiger partial charge in [-0.1, -0.05) is 23.7 Å². The molecule has 6 nitrogen and oxygen atoms in total. The number of nitrogens with one attached hydrogen (secondary N) is 4. The van der Waals surface area contributed by atoms with Gasteiger partial charge in [-0.2, -0.15) is 0 Å². The Kier molecular flexibility index (Phi) is 7.68. The number of fused-ring (bicyclic) bond motifs is 1. The van der Waals surface area contributed by atoms with Crippen LogP contribution in [0.5, 0.6) is 0 Å². The van der Waals surface area contributed by atoms with Crippen molar-refractivity contribution in [3.63, 3.8) is 0 Å². The van der Waals surface area contributed by atoms with Gasteiger partial charge in [-0.25, -0.2) is 4.39 Å². The van der Waals surface area contributed by atoms with Crippen LogP contribution < -0.4 is 16.0 Å². The number of aromatic nitrogens is 1. The van der Waals surface area contributed by atoms with E-state index in [1.165, 1.54) is 12.1 Å². The quantitative estimate of drug-likeness (QED) is 0.251. The number of aliphatic imine (C=N–C) groups is 1. The van der Waals surface area contributed by atoms with Crippen LogP contribution in [0.2, 0.25) is 5.02 Å². The maximum Gasteiger partial charge on any atom is 0.252 e. The molecule has 0 bridgehead atoms. The number of H-pyrrole nitrogens is 1. The number of rotatable bonds is 8. The molecule has 0 aliphatic rings. The van der Waals surface area contributed by atoms with Crippen molar-refractivity contribution in [1.29, 1.82) is 0 Å². The largest absolute Gasteiger partial charge is 0.361 e. The zero-order valence-electron chi connectivity index (χ0n) is 16.8. The minimum absolute atomic E-state index is 0.212. The fraction of sp³-hybridized carbons (Fsp3) is 0.273. The molecule has 1 amide bonds. The Morgan fingerprint density at radius 2 is 1.93 bits per heavy atom. The lowest BCUT2D eigenvalue weighted by Gasteiger charge is -2.12. The van der Waals surface area contributed by atoms with Gasteiger partial charge in [0.05, 0.1) is 10.6 Å². The van der Waals surface area contributed by atoms with E-state index in [1.807, 2.05) is 13.1 Å². The van der Waals surface area contributed by atoms with E-state index in [4.69, 9.17) is 11.6 Å². The number of amides is 1. The van der Waals surface area contributed by atoms with E-state index in [2.05, 4.69) is 25.9 Å². The highest BCUT2D eigenvalue weighted by Crippen LogP contribution is 2.19. The van der Waals surface area contributed by atoms with Crippen molar-refractivity contribution in [2.45, 2.75) is 13.3 Å². The van der Waals surface area contributed by atoms with Crippen LogP contribution in [0.4, 0.5) is 4.39 Å². The van der Waals surface area contributed by atoms with E-state index >= 15 is 0 Å². The number of halogens is 2. The predicted octanol–water partition coefficient (Wildman–Crippen LogP) is 3.49. The van der Waals surface area contributed by atoms with Crippen molar-refractivity contribution in [3.05, 3.63) is 70.6 Å². The third-order valence-corrected chi connectivity index (χ3v) is 4.88. The minimum Gasteiger partial charge on any atom is -0.361 e. The Morgan fingerprint density at radius 3 is 2.73 bits per heavy atom. The third-order valence-electron chi connectivity index (χ3n) is 4.55. The second kappa shape index (κ2) is 10.6. The van der Waals surface area contributed by atoms with Crippen molar-refractivity contribution >= 4 is 34.4 Å². The van der Waals surface area contributed by atoms with Gasteiger partial charge in [0.2, 0.25) is 0 Å². The molecule has 30 heavy (non-hydrogen) atoms. The highest BCUT2D eigenvalue weighted by Gasteiger charge is 2.08. The Hall–Kier alpha value is -3.06. The molecule has 0 unspecified atom stereocenters. The van der Waals surface area contributed by atoms with Gasteiger partial charge < -0.3 is 20.9 Å². The van der Waals surface area contributed by atoms with E-state index in [0.29, 0.717) is 42.6 Å². The molecule has 1 heterocycles. The lowest BCUT2D eigenvalue weighted by atomic mass is 10.1. The number of carbonyl (C=O) groups is 1. The summed E-state index contributed by atoms with van der Waals surface area (Å²) >= 11 is 6.04. The van der Waals surface area contributed by atoms with E-state index < -0.39 is 0 Å². The van der Waals surface area contributed by atoms with Gasteiger partial charge in [-0.15, -0.1) is 0 Å². The summed E-state index contributed by atoms with van der Waals surface area (Å²) in [6, 6.07) is 11.7. The average molecular weight is 430 g/mol. The summed E-state index contributed by atoms with van der Waals surface area (Å²) in [4.78, 5) is 19.9. The molecule has 158 valence electrons. The maximum atomic E-state index is 13.5. The molecule has 3 rings (SSSR count). The molecular formula is C22H25ClFN5O. The molecule has 0 radical (unpaired) electrons. The van der Waals surface area contributed by atoms with Gasteiger partial charge in [0, 0.05) is 43.3 Å². The molecule has 1 aromatic heterocycles. The Balaban J connectivity index is 1.49. The van der Waals surface area contributed by atoms with Crippen LogP contribution in [0.3, 0.4) is 0 Å². The Labute approximate surface area is 179 Å². The van der Waals surface area contributed by atoms with E-state index in [1.54, 1.807) is 30.3 Å². The second-order valence-electron chi connectivity index (χ2n) is 6.68. The molecule has 0 atom stereocenters. The van der Waals surface area contributed by atoms with Crippen LogP contribution in [-0.2, 0) is 6.42 Å². The van der Waals surface area contributed by atoms with Crippen LogP contribution >= 0.6 is 11.6 Å². The van der Waals surface area contributed by atoms with Gasteiger partial charge in [0.15, 0.2) is 5.96 Å². The first-order valence-corrected chi connectivity index (χ1v) is 10.3. The lowest BCUT2D eigenvalue weighted by molar-refractivity contribution is 0.0954. The molecular weight excluding hydrogens is 405 g/mol. The Bertz CT molecular complexity index is 1030. The molecule has 0 aliphatic carbocycles. The summed E-state index contributed by atoms with van der Waals surface area (Å²) in [5.74, 6) is 0.201. The highest BCUT2D eigenvalue weighted by molar-refractivity contribution is 6.33. The molecule has 8 heteroatoms. The number of hydrogen-bond acceptors (Lipinski definition) is 2. The predicted molar refractivity (Wildman–Crippen MR) is 120 cm³/mol. The smallest absolute Gasteiger partial charge is 0.252 e. The summed E-state index contributed by atoms with van der Waals surface area (Å²) < 4.78 is 13.5. The second-order valence-corrected chi connectivity index (χ2v) is 7.08. The average Bonchev–Trinajstić information content (AvgIpc) is 3.13. The van der Waals surface area contributed by atoms with Gasteiger partial charge >= 0.3 is 0 Å². The van der Waals surface area contributed by atoms with Gasteiger partial charge in [-0.3, -0.25) is 9.79 Å². The van der Waals surface area contributed by atoms with Crippen LogP contribution in [0.1, 0.15) is 22.8 Å². The monoisotopic (exact) mass is 429 g/mol. The molecule has 0 saturated carbocycles. The van der Waals surface area contributed by atoms with E-state index in [9.17, 15) is 9.18 Å². The SMILES string of the molecule is CCNC(=NCCc1c[nH]c2ccc(F)cc12)NCCNC(=O)c1ccccc1Cl. The number of hydrogen-bond donors (Lipinski definition) is 4. The number of benzene rings is 2. The Morgan fingerprint density at radius 1 is 1.13 bits per heavy atom. The molecule has 0 fully saturated rings. The standard InChI is InChI=1S/C22H25ClFN5O/c1-2-25-22(28-12-11-26-21(30)17-5-3-4-6-19(17)23)27-10-9-15-14-29-20-8-7-16(24)13-18(15)20/h3-8,13-14,29H,2,9-12H2,1H3,(H,26,30)(H2,25,27,28). The lowest BCUT2D eigenvalue weighted by Crippen LogP contribution is -2.41. The normalized spacial score (nSPS) is 11.5. The third kappa shape index (κ3) is 5.73. The summed E-state index contributed by atoms with van der Waals surface area (Å²) in [6.45, 7) is 4.19. The van der Waals surface area contributed by atoms with Crippen LogP contribution in [0.25, 0.3) is 10.9 Å². The maximum absolute atomic E-state index is 13.5. The molecule has 3 aromatic rings. The molecule has 0 aliphatic heterocycles. The minimum atomic E-state index is -0.249. The number of carbonyl (C=O) groups excluding carboxylic acids is 1. The van der Waals surface area contributed by atoms with E-state index in [-0.39, 0.29) is 11.7 Å². The summed E-state index contributed by atoms with van der Waals surface area (Å²) in [5.41, 5.74) is 2.39. The highest BCUT2D eigenvalue weighted by atomic mass is 35.5. The van der Waals surface area contributed by atoms with Crippen LogP contribution in [0.15, 0.2) is 53.7 Å². The fourth-order valence-electron chi connectivity index (χ4n) is 3.08. The zero-order chi connectivity index (χ0) is 21.3. The van der Waals surface area contributed by atoms with Gasteiger partial charge in [0.25, 0.3) is 5.91 Å². The van der Waals surface area contributed by atoms with Crippen molar-refractivity contribution < 1.29 is 9.18 Å². The van der Waals surface area contributed by atoms with Crippen molar-refractivity contribution in [3.8, 4) is 0 Å². The van der Waals surface area contributed by atoms with E-state index in [0.717, 1.165) is 23.0 Å². The zero-order valence-corrected chi connectivity index (χ0v) is 17.5.